The minimum absolute atomic E-state index is 0. The molecule has 1 aliphatic carbocycles. The average Bonchev–Trinajstić information content (AvgIpc) is 2.96. The highest BCUT2D eigenvalue weighted by atomic mass is 35.5. The number of carbonyl (C=O) groups is 1. The Labute approximate surface area is 128 Å². The summed E-state index contributed by atoms with van der Waals surface area (Å²) in [5.74, 6) is 0.668. The van der Waals surface area contributed by atoms with Crippen molar-refractivity contribution in [1.29, 1.82) is 0 Å². The van der Waals surface area contributed by atoms with E-state index in [1.807, 2.05) is 6.92 Å². The molecule has 0 aromatic heterocycles. The summed E-state index contributed by atoms with van der Waals surface area (Å²) in [6.45, 7) is 4.96. The van der Waals surface area contributed by atoms with Gasteiger partial charge in [-0.25, -0.2) is 0 Å². The van der Waals surface area contributed by atoms with Crippen molar-refractivity contribution in [1.82, 2.24) is 10.6 Å². The van der Waals surface area contributed by atoms with Crippen molar-refractivity contribution < 1.29 is 9.53 Å². The molecule has 2 aliphatic rings. The number of rotatable bonds is 6. The van der Waals surface area contributed by atoms with E-state index in [0.29, 0.717) is 12.0 Å². The fourth-order valence-electron chi connectivity index (χ4n) is 3.06. The van der Waals surface area contributed by atoms with Crippen LogP contribution >= 0.6 is 12.4 Å². The van der Waals surface area contributed by atoms with Crippen LogP contribution in [0.1, 0.15) is 51.9 Å². The van der Waals surface area contributed by atoms with Crippen LogP contribution in [0.3, 0.4) is 0 Å². The summed E-state index contributed by atoms with van der Waals surface area (Å²) < 4.78 is 5.93. The van der Waals surface area contributed by atoms with Gasteiger partial charge in [0, 0.05) is 6.54 Å². The summed E-state index contributed by atoms with van der Waals surface area (Å²) in [5, 5.41) is 6.45. The zero-order chi connectivity index (χ0) is 13.5. The molecule has 2 N–H and O–H groups in total. The second-order valence-corrected chi connectivity index (χ2v) is 5.90. The van der Waals surface area contributed by atoms with Crippen LogP contribution < -0.4 is 10.6 Å². The zero-order valence-electron chi connectivity index (χ0n) is 12.5. The molecule has 20 heavy (non-hydrogen) atoms. The standard InChI is InChI=1S/C15H28N2O2.ClH/c1-2-14(19-13-7-3-4-8-13)15(18)17-11-12-6-5-9-16-10-12;/h12-14,16H,2-11H2,1H3,(H,17,18);1H. The van der Waals surface area contributed by atoms with Crippen LogP contribution in [0.25, 0.3) is 0 Å². The fraction of sp³-hybridized carbons (Fsp3) is 0.933. The lowest BCUT2D eigenvalue weighted by molar-refractivity contribution is -0.137. The van der Waals surface area contributed by atoms with Gasteiger partial charge in [0.1, 0.15) is 6.10 Å². The monoisotopic (exact) mass is 304 g/mol. The maximum absolute atomic E-state index is 12.1. The molecule has 1 heterocycles. The highest BCUT2D eigenvalue weighted by Gasteiger charge is 2.24. The molecule has 1 saturated carbocycles. The molecule has 1 saturated heterocycles. The quantitative estimate of drug-likeness (QED) is 0.791. The van der Waals surface area contributed by atoms with Crippen LogP contribution in [0, 0.1) is 5.92 Å². The first-order valence-corrected chi connectivity index (χ1v) is 7.93. The Morgan fingerprint density at radius 2 is 2.05 bits per heavy atom. The molecule has 0 spiro atoms. The Morgan fingerprint density at radius 1 is 1.30 bits per heavy atom. The SMILES string of the molecule is CCC(OC1CCCC1)C(=O)NCC1CCCNC1.Cl. The maximum atomic E-state index is 12.1. The van der Waals surface area contributed by atoms with Gasteiger partial charge in [-0.15, -0.1) is 12.4 Å². The third-order valence-electron chi connectivity index (χ3n) is 4.29. The summed E-state index contributed by atoms with van der Waals surface area (Å²) in [7, 11) is 0. The van der Waals surface area contributed by atoms with E-state index in [1.54, 1.807) is 0 Å². The smallest absolute Gasteiger partial charge is 0.249 e. The lowest BCUT2D eigenvalue weighted by atomic mass is 10.00. The number of piperidine rings is 1. The van der Waals surface area contributed by atoms with Gasteiger partial charge in [0.2, 0.25) is 5.91 Å². The lowest BCUT2D eigenvalue weighted by Crippen LogP contribution is -2.43. The van der Waals surface area contributed by atoms with Crippen LogP contribution in [0.4, 0.5) is 0 Å². The molecule has 2 rings (SSSR count). The van der Waals surface area contributed by atoms with Gasteiger partial charge in [-0.3, -0.25) is 4.79 Å². The van der Waals surface area contributed by atoms with E-state index in [-0.39, 0.29) is 24.4 Å². The van der Waals surface area contributed by atoms with Crippen molar-refractivity contribution >= 4 is 18.3 Å². The van der Waals surface area contributed by atoms with E-state index < -0.39 is 0 Å². The predicted octanol–water partition coefficient (Wildman–Crippen LogP) is 2.26. The van der Waals surface area contributed by atoms with Gasteiger partial charge in [-0.1, -0.05) is 19.8 Å². The van der Waals surface area contributed by atoms with Crippen molar-refractivity contribution in [2.75, 3.05) is 19.6 Å². The first-order chi connectivity index (χ1) is 9.29. The van der Waals surface area contributed by atoms with Crippen molar-refractivity contribution in [3.05, 3.63) is 0 Å². The van der Waals surface area contributed by atoms with E-state index in [4.69, 9.17) is 4.74 Å². The summed E-state index contributed by atoms with van der Waals surface area (Å²) >= 11 is 0. The zero-order valence-corrected chi connectivity index (χ0v) is 13.3. The molecular weight excluding hydrogens is 276 g/mol. The minimum Gasteiger partial charge on any atom is -0.365 e. The highest BCUT2D eigenvalue weighted by Crippen LogP contribution is 2.23. The van der Waals surface area contributed by atoms with Crippen LogP contribution in [0.15, 0.2) is 0 Å². The van der Waals surface area contributed by atoms with E-state index in [2.05, 4.69) is 10.6 Å². The second-order valence-electron chi connectivity index (χ2n) is 5.90. The largest absolute Gasteiger partial charge is 0.365 e. The summed E-state index contributed by atoms with van der Waals surface area (Å²) in [6, 6.07) is 0. The molecule has 5 heteroatoms. The van der Waals surface area contributed by atoms with Crippen molar-refractivity contribution in [3.8, 4) is 0 Å². The number of hydrogen-bond acceptors (Lipinski definition) is 3. The summed E-state index contributed by atoms with van der Waals surface area (Å²) in [4.78, 5) is 12.1. The van der Waals surface area contributed by atoms with Gasteiger partial charge in [0.05, 0.1) is 6.10 Å². The summed E-state index contributed by atoms with van der Waals surface area (Å²) in [6.07, 6.45) is 8.00. The van der Waals surface area contributed by atoms with Gasteiger partial charge < -0.3 is 15.4 Å². The molecule has 0 aromatic rings. The summed E-state index contributed by atoms with van der Waals surface area (Å²) in [5.41, 5.74) is 0. The topological polar surface area (TPSA) is 50.4 Å². The minimum atomic E-state index is -0.250. The maximum Gasteiger partial charge on any atom is 0.249 e. The fourth-order valence-corrected chi connectivity index (χ4v) is 3.06. The van der Waals surface area contributed by atoms with Crippen LogP contribution in [-0.4, -0.2) is 37.7 Å². The number of amides is 1. The Balaban J connectivity index is 0.00000200. The van der Waals surface area contributed by atoms with Crippen molar-refractivity contribution in [2.45, 2.75) is 64.1 Å². The number of halogens is 1. The normalized spacial score (nSPS) is 24.9. The van der Waals surface area contributed by atoms with Crippen LogP contribution in [0.2, 0.25) is 0 Å². The number of hydrogen-bond donors (Lipinski definition) is 2. The first kappa shape index (κ1) is 17.7. The molecule has 0 aromatic carbocycles. The van der Waals surface area contributed by atoms with E-state index in [9.17, 15) is 4.79 Å². The molecule has 2 atom stereocenters. The van der Waals surface area contributed by atoms with Gasteiger partial charge in [-0.05, 0) is 51.1 Å². The molecule has 0 bridgehead atoms. The van der Waals surface area contributed by atoms with E-state index in [1.165, 1.54) is 25.7 Å². The van der Waals surface area contributed by atoms with Crippen molar-refractivity contribution in [2.24, 2.45) is 5.92 Å². The lowest BCUT2D eigenvalue weighted by Gasteiger charge is -2.25. The average molecular weight is 305 g/mol. The molecule has 0 radical (unpaired) electrons. The van der Waals surface area contributed by atoms with Crippen LogP contribution in [-0.2, 0) is 9.53 Å². The molecule has 1 amide bonds. The van der Waals surface area contributed by atoms with Crippen molar-refractivity contribution in [3.63, 3.8) is 0 Å². The second kappa shape index (κ2) is 9.59. The van der Waals surface area contributed by atoms with Gasteiger partial charge in [-0.2, -0.15) is 0 Å². The molecule has 2 fully saturated rings. The third-order valence-corrected chi connectivity index (χ3v) is 4.29. The van der Waals surface area contributed by atoms with Gasteiger partial charge in [0.25, 0.3) is 0 Å². The Bertz CT molecular complexity index is 277. The Kier molecular flexibility index (Phi) is 8.50. The molecular formula is C15H29ClN2O2. The third kappa shape index (κ3) is 5.58. The molecule has 118 valence electrons. The predicted molar refractivity (Wildman–Crippen MR) is 83.3 cm³/mol. The van der Waals surface area contributed by atoms with Crippen LogP contribution in [0.5, 0.6) is 0 Å². The number of carbonyl (C=O) groups excluding carboxylic acids is 1. The van der Waals surface area contributed by atoms with Gasteiger partial charge >= 0.3 is 0 Å². The first-order valence-electron chi connectivity index (χ1n) is 7.93. The molecule has 1 aliphatic heterocycles. The van der Waals surface area contributed by atoms with E-state index in [0.717, 1.165) is 38.9 Å². The highest BCUT2D eigenvalue weighted by molar-refractivity contribution is 5.85. The molecule has 2 unspecified atom stereocenters. The van der Waals surface area contributed by atoms with E-state index >= 15 is 0 Å². The number of nitrogens with one attached hydrogen (secondary N) is 2. The Hall–Kier alpha value is -0.320. The molecule has 4 nitrogen and oxygen atoms in total. The van der Waals surface area contributed by atoms with Gasteiger partial charge in [0.15, 0.2) is 0 Å². The Morgan fingerprint density at radius 3 is 2.65 bits per heavy atom. The number of ether oxygens (including phenoxy) is 1.